The molecule has 0 aromatic heterocycles. The maximum atomic E-state index is 14.3. The Kier molecular flexibility index (Phi) is 7.54. The summed E-state index contributed by atoms with van der Waals surface area (Å²) in [5, 5.41) is 13.4. The van der Waals surface area contributed by atoms with Gasteiger partial charge in [0, 0.05) is 45.8 Å². The highest BCUT2D eigenvalue weighted by Crippen LogP contribution is 2.58. The molecule has 3 saturated heterocycles. The first-order valence-corrected chi connectivity index (χ1v) is 14.1. The van der Waals surface area contributed by atoms with Crippen molar-refractivity contribution in [2.75, 3.05) is 40.4 Å². The number of alkyl halides is 1. The monoisotopic (exact) mass is 508 g/mol. The second-order valence-corrected chi connectivity index (χ2v) is 12.2. The van der Waals surface area contributed by atoms with Crippen LogP contribution in [0.15, 0.2) is 0 Å². The summed E-state index contributed by atoms with van der Waals surface area (Å²) in [6.07, 6.45) is 7.19. The molecule has 3 heterocycles. The molecule has 9 heteroatoms. The number of nitrogens with one attached hydrogen (secondary N) is 1. The number of carbonyl (C=O) groups excluding carboxylic acids is 2. The summed E-state index contributed by atoms with van der Waals surface area (Å²) in [5.41, 5.74) is -0.0835. The van der Waals surface area contributed by atoms with Gasteiger partial charge in [0.2, 0.25) is 5.91 Å². The van der Waals surface area contributed by atoms with E-state index in [1.54, 1.807) is 14.0 Å². The van der Waals surface area contributed by atoms with E-state index in [0.717, 1.165) is 44.9 Å². The molecule has 0 radical (unpaired) electrons. The van der Waals surface area contributed by atoms with Crippen molar-refractivity contribution in [2.24, 2.45) is 17.3 Å². The Morgan fingerprint density at radius 1 is 1.14 bits per heavy atom. The highest BCUT2D eigenvalue weighted by Gasteiger charge is 2.63. The molecule has 36 heavy (non-hydrogen) atoms. The fourth-order valence-corrected chi connectivity index (χ4v) is 8.73. The molecular formula is C27H45FN4O4. The number of rotatable bonds is 3. The Morgan fingerprint density at radius 2 is 1.86 bits per heavy atom. The summed E-state index contributed by atoms with van der Waals surface area (Å²) in [5.74, 6) is 0.887. The van der Waals surface area contributed by atoms with Crippen LogP contribution in [0.1, 0.15) is 64.7 Å². The molecule has 0 bridgehead atoms. The SMILES string of the molecule is COC1CCC2C(C1)N(C)C1C2C2(CCN(C(=O)NC3CCCCC3F)CC2)CN(C(C)=O)[C@H]1CO. The fourth-order valence-electron chi connectivity index (χ4n) is 8.73. The normalized spacial score (nSPS) is 40.6. The first kappa shape index (κ1) is 26.2. The first-order valence-electron chi connectivity index (χ1n) is 14.1. The van der Waals surface area contributed by atoms with Gasteiger partial charge in [-0.25, -0.2) is 9.18 Å². The molecule has 2 saturated carbocycles. The number of urea groups is 1. The van der Waals surface area contributed by atoms with Crippen LogP contribution in [-0.4, -0.2) is 109 Å². The van der Waals surface area contributed by atoms with Gasteiger partial charge in [0.05, 0.1) is 24.8 Å². The number of ether oxygens (including phenoxy) is 1. The van der Waals surface area contributed by atoms with Gasteiger partial charge < -0.3 is 25.0 Å². The van der Waals surface area contributed by atoms with E-state index in [0.29, 0.717) is 50.4 Å². The smallest absolute Gasteiger partial charge is 0.317 e. The highest BCUT2D eigenvalue weighted by atomic mass is 19.1. The van der Waals surface area contributed by atoms with E-state index in [-0.39, 0.29) is 48.2 Å². The molecule has 3 amide bonds. The van der Waals surface area contributed by atoms with Crippen molar-refractivity contribution in [3.05, 3.63) is 0 Å². The lowest BCUT2D eigenvalue weighted by molar-refractivity contribution is -0.149. The number of nitrogens with zero attached hydrogens (tertiary/aromatic N) is 3. The molecule has 204 valence electrons. The van der Waals surface area contributed by atoms with Crippen LogP contribution in [-0.2, 0) is 9.53 Å². The van der Waals surface area contributed by atoms with Crippen molar-refractivity contribution >= 4 is 11.9 Å². The number of likely N-dealkylation sites (N-methyl/N-ethyl adjacent to an activating group) is 1. The molecule has 1 spiro atoms. The number of aliphatic hydroxyl groups is 1. The van der Waals surface area contributed by atoms with Gasteiger partial charge >= 0.3 is 6.03 Å². The number of hydrogen-bond acceptors (Lipinski definition) is 5. The van der Waals surface area contributed by atoms with Crippen molar-refractivity contribution in [3.8, 4) is 0 Å². The van der Waals surface area contributed by atoms with Gasteiger partial charge in [0.1, 0.15) is 6.17 Å². The lowest BCUT2D eigenvalue weighted by atomic mass is 9.57. The van der Waals surface area contributed by atoms with E-state index < -0.39 is 6.17 Å². The summed E-state index contributed by atoms with van der Waals surface area (Å²) < 4.78 is 20.1. The molecule has 5 fully saturated rings. The number of fused-ring (bicyclic) bond motifs is 4. The van der Waals surface area contributed by atoms with Crippen LogP contribution in [0.4, 0.5) is 9.18 Å². The van der Waals surface area contributed by atoms with Crippen LogP contribution in [0.25, 0.3) is 0 Å². The van der Waals surface area contributed by atoms with Crippen LogP contribution < -0.4 is 5.32 Å². The minimum atomic E-state index is -0.953. The second kappa shape index (κ2) is 10.4. The molecule has 0 aromatic rings. The van der Waals surface area contributed by atoms with Gasteiger partial charge in [-0.3, -0.25) is 9.69 Å². The Labute approximate surface area is 214 Å². The molecule has 2 N–H and O–H groups in total. The van der Waals surface area contributed by atoms with Crippen molar-refractivity contribution in [1.29, 1.82) is 0 Å². The standard InChI is InChI=1S/C27H45FN4O4/c1-17(34)32-16-27(10-12-31(13-11-27)26(35)29-21-7-5-4-6-20(21)28)24-19-9-8-18(36-3)14-22(19)30(2)25(24)23(32)15-33/h18-25,33H,4-16H2,1-3H3,(H,29,35)/t18?,19?,20?,21?,22?,23-,24?,25?/m0/s1. The zero-order chi connectivity index (χ0) is 25.6. The van der Waals surface area contributed by atoms with Crippen LogP contribution in [0.2, 0.25) is 0 Å². The maximum Gasteiger partial charge on any atom is 0.317 e. The van der Waals surface area contributed by atoms with Crippen LogP contribution in [0.5, 0.6) is 0 Å². The van der Waals surface area contributed by atoms with Crippen molar-refractivity contribution in [1.82, 2.24) is 20.0 Å². The number of hydrogen-bond donors (Lipinski definition) is 2. The van der Waals surface area contributed by atoms with Crippen molar-refractivity contribution in [3.63, 3.8) is 0 Å². The van der Waals surface area contributed by atoms with Crippen molar-refractivity contribution < 1.29 is 23.8 Å². The van der Waals surface area contributed by atoms with Gasteiger partial charge in [-0.2, -0.15) is 0 Å². The average molecular weight is 509 g/mol. The summed E-state index contributed by atoms with van der Waals surface area (Å²) in [6, 6.07) is -0.243. The molecule has 5 rings (SSSR count). The van der Waals surface area contributed by atoms with Crippen molar-refractivity contribution in [2.45, 2.75) is 101 Å². The Morgan fingerprint density at radius 3 is 2.50 bits per heavy atom. The average Bonchev–Trinajstić information content (AvgIpc) is 3.18. The zero-order valence-corrected chi connectivity index (χ0v) is 22.2. The topological polar surface area (TPSA) is 85.4 Å². The maximum absolute atomic E-state index is 14.3. The third-order valence-electron chi connectivity index (χ3n) is 10.6. The Hall–Kier alpha value is -1.45. The van der Waals surface area contributed by atoms with Gasteiger partial charge in [-0.15, -0.1) is 0 Å². The molecule has 8 nitrogen and oxygen atoms in total. The third-order valence-corrected chi connectivity index (χ3v) is 10.6. The first-order chi connectivity index (χ1) is 17.3. The van der Waals surface area contributed by atoms with Gasteiger partial charge in [0.25, 0.3) is 0 Å². The third kappa shape index (κ3) is 4.43. The van der Waals surface area contributed by atoms with Crippen LogP contribution in [0.3, 0.4) is 0 Å². The molecule has 7 unspecified atom stereocenters. The largest absolute Gasteiger partial charge is 0.394 e. The van der Waals surface area contributed by atoms with Crippen LogP contribution >= 0.6 is 0 Å². The van der Waals surface area contributed by atoms with E-state index in [2.05, 4.69) is 17.3 Å². The molecule has 0 aromatic carbocycles. The van der Waals surface area contributed by atoms with Crippen LogP contribution in [0, 0.1) is 17.3 Å². The lowest BCUT2D eigenvalue weighted by Gasteiger charge is -2.58. The van der Waals surface area contributed by atoms with Gasteiger partial charge in [-0.1, -0.05) is 12.8 Å². The summed E-state index contributed by atoms with van der Waals surface area (Å²) >= 11 is 0. The molecule has 2 aliphatic carbocycles. The minimum Gasteiger partial charge on any atom is -0.394 e. The molecule has 8 atom stereocenters. The van der Waals surface area contributed by atoms with Gasteiger partial charge in [0.15, 0.2) is 0 Å². The summed E-state index contributed by atoms with van der Waals surface area (Å²) in [7, 11) is 3.96. The molecule has 3 aliphatic heterocycles. The molecule has 5 aliphatic rings. The van der Waals surface area contributed by atoms with Gasteiger partial charge in [-0.05, 0) is 69.2 Å². The fraction of sp³-hybridized carbons (Fsp3) is 0.926. The number of methoxy groups -OCH3 is 1. The second-order valence-electron chi connectivity index (χ2n) is 12.2. The number of halogens is 1. The zero-order valence-electron chi connectivity index (χ0n) is 22.2. The summed E-state index contributed by atoms with van der Waals surface area (Å²) in [6.45, 7) is 3.46. The predicted octanol–water partition coefficient (Wildman–Crippen LogP) is 2.40. The van der Waals surface area contributed by atoms with E-state index >= 15 is 0 Å². The quantitative estimate of drug-likeness (QED) is 0.612. The number of amides is 3. The summed E-state index contributed by atoms with van der Waals surface area (Å²) in [4.78, 5) is 32.1. The number of aliphatic hydroxyl groups excluding tert-OH is 1. The number of carbonyl (C=O) groups is 2. The molecular weight excluding hydrogens is 463 g/mol. The Bertz CT molecular complexity index is 822. The van der Waals surface area contributed by atoms with E-state index in [1.165, 1.54) is 0 Å². The number of piperidine rings is 2. The van der Waals surface area contributed by atoms with E-state index in [9.17, 15) is 19.1 Å². The van der Waals surface area contributed by atoms with E-state index in [4.69, 9.17) is 4.74 Å². The van der Waals surface area contributed by atoms with E-state index in [1.807, 2.05) is 9.80 Å². The Balaban J connectivity index is 1.36. The highest BCUT2D eigenvalue weighted by molar-refractivity contribution is 5.75. The number of likely N-dealkylation sites (tertiary alicyclic amines) is 3. The predicted molar refractivity (Wildman–Crippen MR) is 134 cm³/mol. The minimum absolute atomic E-state index is 0.0105. The lowest BCUT2D eigenvalue weighted by Crippen LogP contribution is -2.67.